The summed E-state index contributed by atoms with van der Waals surface area (Å²) in [6.45, 7) is 5.10. The SMILES string of the molecule is CC(C)(O)C1CCCN(C(=O)CCCl)C1. The highest BCUT2D eigenvalue weighted by Crippen LogP contribution is 2.26. The number of hydrogen-bond acceptors (Lipinski definition) is 2. The smallest absolute Gasteiger partial charge is 0.223 e. The summed E-state index contributed by atoms with van der Waals surface area (Å²) in [5.41, 5.74) is -0.695. The predicted octanol–water partition coefficient (Wildman–Crippen LogP) is 1.62. The maximum absolute atomic E-state index is 11.6. The first-order chi connectivity index (χ1) is 6.95. The second kappa shape index (κ2) is 5.17. The van der Waals surface area contributed by atoms with E-state index in [-0.39, 0.29) is 11.8 Å². The summed E-state index contributed by atoms with van der Waals surface area (Å²) in [5, 5.41) is 9.91. The number of hydrogen-bond donors (Lipinski definition) is 1. The van der Waals surface area contributed by atoms with Crippen LogP contribution in [0.25, 0.3) is 0 Å². The van der Waals surface area contributed by atoms with Gasteiger partial charge in [0.15, 0.2) is 0 Å². The van der Waals surface area contributed by atoms with Gasteiger partial charge in [0.2, 0.25) is 5.91 Å². The van der Waals surface area contributed by atoms with E-state index >= 15 is 0 Å². The largest absolute Gasteiger partial charge is 0.390 e. The third kappa shape index (κ3) is 3.65. The Morgan fingerprint density at radius 3 is 2.80 bits per heavy atom. The van der Waals surface area contributed by atoms with Crippen molar-refractivity contribution in [3.8, 4) is 0 Å². The molecule has 1 atom stereocenters. The molecule has 1 saturated heterocycles. The quantitative estimate of drug-likeness (QED) is 0.753. The third-order valence-electron chi connectivity index (χ3n) is 3.08. The molecule has 0 aromatic heterocycles. The minimum absolute atomic E-state index is 0.110. The molecule has 1 aliphatic heterocycles. The zero-order valence-corrected chi connectivity index (χ0v) is 10.3. The van der Waals surface area contributed by atoms with E-state index in [1.807, 2.05) is 18.7 Å². The fourth-order valence-corrected chi connectivity index (χ4v) is 2.18. The van der Waals surface area contributed by atoms with E-state index in [1.165, 1.54) is 0 Å². The number of carbonyl (C=O) groups is 1. The maximum atomic E-state index is 11.6. The minimum Gasteiger partial charge on any atom is -0.390 e. The Labute approximate surface area is 96.4 Å². The Morgan fingerprint density at radius 2 is 2.27 bits per heavy atom. The topological polar surface area (TPSA) is 40.5 Å². The lowest BCUT2D eigenvalue weighted by atomic mass is 9.84. The number of nitrogens with zero attached hydrogens (tertiary/aromatic N) is 1. The summed E-state index contributed by atoms with van der Waals surface area (Å²) in [7, 11) is 0. The molecule has 15 heavy (non-hydrogen) atoms. The van der Waals surface area contributed by atoms with Gasteiger partial charge in [-0.2, -0.15) is 0 Å². The summed E-state index contributed by atoms with van der Waals surface area (Å²) < 4.78 is 0. The average molecular weight is 234 g/mol. The van der Waals surface area contributed by atoms with Crippen LogP contribution in [0.2, 0.25) is 0 Å². The second-order valence-corrected chi connectivity index (χ2v) is 5.15. The van der Waals surface area contributed by atoms with Crippen molar-refractivity contribution >= 4 is 17.5 Å². The summed E-state index contributed by atoms with van der Waals surface area (Å²) in [6, 6.07) is 0. The molecule has 0 radical (unpaired) electrons. The van der Waals surface area contributed by atoms with Gasteiger partial charge in [-0.25, -0.2) is 0 Å². The molecule has 1 heterocycles. The Morgan fingerprint density at radius 1 is 1.60 bits per heavy atom. The monoisotopic (exact) mass is 233 g/mol. The van der Waals surface area contributed by atoms with Gasteiger partial charge in [-0.3, -0.25) is 4.79 Å². The molecule has 0 saturated carbocycles. The molecule has 0 aromatic carbocycles. The van der Waals surface area contributed by atoms with Gasteiger partial charge < -0.3 is 10.0 Å². The van der Waals surface area contributed by atoms with Crippen LogP contribution in [0, 0.1) is 5.92 Å². The van der Waals surface area contributed by atoms with Gasteiger partial charge >= 0.3 is 0 Å². The Bertz CT molecular complexity index is 225. The van der Waals surface area contributed by atoms with E-state index in [4.69, 9.17) is 11.6 Å². The number of rotatable bonds is 3. The minimum atomic E-state index is -0.695. The van der Waals surface area contributed by atoms with Crippen molar-refractivity contribution in [2.75, 3.05) is 19.0 Å². The number of amides is 1. The van der Waals surface area contributed by atoms with Crippen LogP contribution in [0.4, 0.5) is 0 Å². The molecule has 1 unspecified atom stereocenters. The standard InChI is InChI=1S/C11H20ClNO2/c1-11(2,15)9-4-3-7-13(8-9)10(14)5-6-12/h9,15H,3-8H2,1-2H3. The van der Waals surface area contributed by atoms with E-state index in [9.17, 15) is 9.90 Å². The molecule has 1 N–H and O–H groups in total. The zero-order chi connectivity index (χ0) is 11.5. The van der Waals surface area contributed by atoms with E-state index in [0.717, 1.165) is 19.4 Å². The van der Waals surface area contributed by atoms with Crippen LogP contribution >= 0.6 is 11.6 Å². The molecule has 0 aromatic rings. The van der Waals surface area contributed by atoms with Gasteiger partial charge in [-0.15, -0.1) is 11.6 Å². The van der Waals surface area contributed by atoms with Gasteiger partial charge in [0, 0.05) is 31.3 Å². The van der Waals surface area contributed by atoms with Crippen LogP contribution in [0.1, 0.15) is 33.1 Å². The van der Waals surface area contributed by atoms with Crippen LogP contribution in [-0.4, -0.2) is 40.5 Å². The van der Waals surface area contributed by atoms with Gasteiger partial charge in [0.1, 0.15) is 0 Å². The first-order valence-corrected chi connectivity index (χ1v) is 6.04. The molecule has 1 aliphatic rings. The molecule has 3 nitrogen and oxygen atoms in total. The first-order valence-electron chi connectivity index (χ1n) is 5.51. The highest BCUT2D eigenvalue weighted by Gasteiger charge is 2.32. The summed E-state index contributed by atoms with van der Waals surface area (Å²) >= 11 is 5.55. The van der Waals surface area contributed by atoms with Crippen molar-refractivity contribution in [1.82, 2.24) is 4.90 Å². The van der Waals surface area contributed by atoms with E-state index in [0.29, 0.717) is 18.8 Å². The Hall–Kier alpha value is -0.280. The molecule has 4 heteroatoms. The molecular formula is C11H20ClNO2. The number of likely N-dealkylation sites (tertiary alicyclic amines) is 1. The molecule has 1 amide bonds. The Kier molecular flexibility index (Phi) is 4.41. The number of aliphatic hydroxyl groups is 1. The van der Waals surface area contributed by atoms with Crippen molar-refractivity contribution < 1.29 is 9.90 Å². The van der Waals surface area contributed by atoms with Crippen LogP contribution in [0.5, 0.6) is 0 Å². The number of carbonyl (C=O) groups excluding carboxylic acids is 1. The van der Waals surface area contributed by atoms with Crippen molar-refractivity contribution in [3.05, 3.63) is 0 Å². The normalized spacial score (nSPS) is 22.9. The maximum Gasteiger partial charge on any atom is 0.223 e. The number of piperidine rings is 1. The fraction of sp³-hybridized carbons (Fsp3) is 0.909. The zero-order valence-electron chi connectivity index (χ0n) is 9.50. The fourth-order valence-electron chi connectivity index (χ4n) is 2.02. The van der Waals surface area contributed by atoms with Crippen LogP contribution in [0.3, 0.4) is 0 Å². The third-order valence-corrected chi connectivity index (χ3v) is 3.27. The molecule has 0 aliphatic carbocycles. The first kappa shape index (κ1) is 12.8. The van der Waals surface area contributed by atoms with Crippen molar-refractivity contribution in [3.63, 3.8) is 0 Å². The lowest BCUT2D eigenvalue weighted by molar-refractivity contribution is -0.134. The van der Waals surface area contributed by atoms with Crippen molar-refractivity contribution in [2.45, 2.75) is 38.7 Å². The van der Waals surface area contributed by atoms with Gasteiger partial charge in [0.25, 0.3) is 0 Å². The highest BCUT2D eigenvalue weighted by molar-refractivity contribution is 6.18. The second-order valence-electron chi connectivity index (χ2n) is 4.77. The van der Waals surface area contributed by atoms with Crippen molar-refractivity contribution in [2.24, 2.45) is 5.92 Å². The predicted molar refractivity (Wildman–Crippen MR) is 60.9 cm³/mol. The molecule has 0 bridgehead atoms. The lowest BCUT2D eigenvalue weighted by Crippen LogP contribution is -2.46. The molecule has 1 fully saturated rings. The van der Waals surface area contributed by atoms with Gasteiger partial charge in [-0.05, 0) is 26.7 Å². The molecule has 88 valence electrons. The highest BCUT2D eigenvalue weighted by atomic mass is 35.5. The number of alkyl halides is 1. The number of halogens is 1. The summed E-state index contributed by atoms with van der Waals surface area (Å²) in [6.07, 6.45) is 2.37. The summed E-state index contributed by atoms with van der Waals surface area (Å²) in [5.74, 6) is 0.673. The van der Waals surface area contributed by atoms with Crippen LogP contribution in [0.15, 0.2) is 0 Å². The van der Waals surface area contributed by atoms with E-state index < -0.39 is 5.60 Å². The molecular weight excluding hydrogens is 214 g/mol. The Balaban J connectivity index is 2.52. The molecule has 1 rings (SSSR count). The molecule has 0 spiro atoms. The van der Waals surface area contributed by atoms with Gasteiger partial charge in [-0.1, -0.05) is 0 Å². The average Bonchev–Trinajstić information content (AvgIpc) is 2.17. The van der Waals surface area contributed by atoms with Gasteiger partial charge in [0.05, 0.1) is 5.60 Å². The lowest BCUT2D eigenvalue weighted by Gasteiger charge is -2.38. The van der Waals surface area contributed by atoms with Crippen molar-refractivity contribution in [1.29, 1.82) is 0 Å². The van der Waals surface area contributed by atoms with Crippen LogP contribution in [-0.2, 0) is 4.79 Å². The van der Waals surface area contributed by atoms with E-state index in [1.54, 1.807) is 0 Å². The van der Waals surface area contributed by atoms with Crippen LogP contribution < -0.4 is 0 Å². The summed E-state index contributed by atoms with van der Waals surface area (Å²) in [4.78, 5) is 13.5. The van der Waals surface area contributed by atoms with E-state index in [2.05, 4.69) is 0 Å².